The molecule has 0 aliphatic carbocycles. The molecule has 0 fully saturated rings. The number of carbonyl (C=O) groups excluding carboxylic acids is 3. The molecule has 25 heavy (non-hydrogen) atoms. The van der Waals surface area contributed by atoms with E-state index in [1.54, 1.807) is 16.1 Å². The third-order valence-corrected chi connectivity index (χ3v) is 4.07. The third-order valence-electron chi connectivity index (χ3n) is 3.39. The monoisotopic (exact) mass is 363 g/mol. The highest BCUT2D eigenvalue weighted by Gasteiger charge is 2.09. The third kappa shape index (κ3) is 6.03. The number of thiophene rings is 1. The quantitative estimate of drug-likeness (QED) is 0.502. The van der Waals surface area contributed by atoms with Crippen molar-refractivity contribution < 1.29 is 14.4 Å². The Hall–Kier alpha value is -2.68. The SMILES string of the molecule is Cc1cc(C)n(CC(=O)NNC(=O)CCCNC(=O)c2ccsc2)n1. The predicted octanol–water partition coefficient (Wildman–Crippen LogP) is 0.919. The zero-order chi connectivity index (χ0) is 18.2. The van der Waals surface area contributed by atoms with Crippen molar-refractivity contribution in [3.8, 4) is 0 Å². The second-order valence-electron chi connectivity index (χ2n) is 5.55. The minimum absolute atomic E-state index is 0.0383. The van der Waals surface area contributed by atoms with Gasteiger partial charge in [0, 0.05) is 29.6 Å². The first-order chi connectivity index (χ1) is 12.0. The Bertz CT molecular complexity index is 739. The minimum atomic E-state index is -0.356. The molecule has 0 saturated carbocycles. The highest BCUT2D eigenvalue weighted by molar-refractivity contribution is 7.08. The molecular formula is C16H21N5O3S. The molecule has 0 aromatic carbocycles. The summed E-state index contributed by atoms with van der Waals surface area (Å²) in [5, 5.41) is 10.5. The number of carbonyl (C=O) groups is 3. The standard InChI is InChI=1S/C16H21N5O3S/c1-11-8-12(2)21(20-11)9-15(23)19-18-14(22)4-3-6-17-16(24)13-5-7-25-10-13/h5,7-8,10H,3-4,6,9H2,1-2H3,(H,17,24)(H,18,22)(H,19,23). The highest BCUT2D eigenvalue weighted by atomic mass is 32.1. The fourth-order valence-electron chi connectivity index (χ4n) is 2.16. The second kappa shape index (κ2) is 8.97. The van der Waals surface area contributed by atoms with Crippen LogP contribution in [0.1, 0.15) is 34.6 Å². The number of hydrazine groups is 1. The largest absolute Gasteiger partial charge is 0.352 e. The Labute approximate surface area is 149 Å². The molecule has 0 aliphatic rings. The first kappa shape index (κ1) is 18.7. The summed E-state index contributed by atoms with van der Waals surface area (Å²) >= 11 is 1.45. The maximum Gasteiger partial charge on any atom is 0.260 e. The van der Waals surface area contributed by atoms with Crippen molar-refractivity contribution in [2.24, 2.45) is 0 Å². The van der Waals surface area contributed by atoms with Gasteiger partial charge in [0.05, 0.1) is 5.69 Å². The molecule has 2 heterocycles. The van der Waals surface area contributed by atoms with Gasteiger partial charge in [-0.25, -0.2) is 0 Å². The molecule has 0 saturated heterocycles. The molecule has 0 bridgehead atoms. The van der Waals surface area contributed by atoms with Crippen LogP contribution in [0.3, 0.4) is 0 Å². The van der Waals surface area contributed by atoms with Crippen LogP contribution in [0.5, 0.6) is 0 Å². The zero-order valence-electron chi connectivity index (χ0n) is 14.2. The lowest BCUT2D eigenvalue weighted by atomic mass is 10.3. The van der Waals surface area contributed by atoms with E-state index in [1.807, 2.05) is 25.3 Å². The van der Waals surface area contributed by atoms with E-state index in [0.717, 1.165) is 11.4 Å². The van der Waals surface area contributed by atoms with E-state index in [1.165, 1.54) is 11.3 Å². The maximum atomic E-state index is 11.8. The molecule has 0 atom stereocenters. The number of aryl methyl sites for hydroxylation is 2. The summed E-state index contributed by atoms with van der Waals surface area (Å²) in [4.78, 5) is 35.2. The molecule has 2 rings (SSSR count). The van der Waals surface area contributed by atoms with Crippen molar-refractivity contribution in [3.05, 3.63) is 39.8 Å². The van der Waals surface area contributed by atoms with Crippen LogP contribution >= 0.6 is 11.3 Å². The molecule has 0 radical (unpaired) electrons. The summed E-state index contributed by atoms with van der Waals surface area (Å²) in [6.07, 6.45) is 0.680. The lowest BCUT2D eigenvalue weighted by molar-refractivity contribution is -0.129. The molecule has 8 nitrogen and oxygen atoms in total. The number of nitrogens with one attached hydrogen (secondary N) is 3. The fraction of sp³-hybridized carbons (Fsp3) is 0.375. The fourth-order valence-corrected chi connectivity index (χ4v) is 2.80. The van der Waals surface area contributed by atoms with E-state index in [2.05, 4.69) is 21.3 Å². The van der Waals surface area contributed by atoms with Crippen molar-refractivity contribution in [1.29, 1.82) is 0 Å². The number of nitrogens with zero attached hydrogens (tertiary/aromatic N) is 2. The summed E-state index contributed by atoms with van der Waals surface area (Å²) in [5.74, 6) is -0.823. The smallest absolute Gasteiger partial charge is 0.260 e. The van der Waals surface area contributed by atoms with Gasteiger partial charge in [-0.1, -0.05) is 0 Å². The second-order valence-corrected chi connectivity index (χ2v) is 6.33. The number of rotatable bonds is 7. The normalized spacial score (nSPS) is 10.3. The number of aromatic nitrogens is 2. The average molecular weight is 363 g/mol. The number of amides is 3. The molecule has 9 heteroatoms. The van der Waals surface area contributed by atoms with Crippen LogP contribution in [-0.2, 0) is 16.1 Å². The van der Waals surface area contributed by atoms with Gasteiger partial charge in [-0.15, -0.1) is 0 Å². The Kier molecular flexibility index (Phi) is 6.70. The summed E-state index contributed by atoms with van der Waals surface area (Å²) in [7, 11) is 0. The van der Waals surface area contributed by atoms with Gasteiger partial charge in [-0.2, -0.15) is 16.4 Å². The van der Waals surface area contributed by atoms with Crippen LogP contribution in [0, 0.1) is 13.8 Å². The molecule has 0 aliphatic heterocycles. The molecular weight excluding hydrogens is 342 g/mol. The van der Waals surface area contributed by atoms with Gasteiger partial charge in [0.25, 0.3) is 11.8 Å². The lowest BCUT2D eigenvalue weighted by Crippen LogP contribution is -2.43. The van der Waals surface area contributed by atoms with Crippen molar-refractivity contribution in [2.75, 3.05) is 6.54 Å². The van der Waals surface area contributed by atoms with Crippen LogP contribution in [0.4, 0.5) is 0 Å². The van der Waals surface area contributed by atoms with Gasteiger partial charge in [-0.05, 0) is 37.8 Å². The van der Waals surface area contributed by atoms with Crippen LogP contribution in [-0.4, -0.2) is 34.0 Å². The highest BCUT2D eigenvalue weighted by Crippen LogP contribution is 2.05. The Morgan fingerprint density at radius 1 is 1.20 bits per heavy atom. The Morgan fingerprint density at radius 3 is 2.60 bits per heavy atom. The van der Waals surface area contributed by atoms with Gasteiger partial charge in [0.2, 0.25) is 5.91 Å². The molecule has 2 aromatic heterocycles. The molecule has 0 spiro atoms. The lowest BCUT2D eigenvalue weighted by Gasteiger charge is -2.08. The summed E-state index contributed by atoms with van der Waals surface area (Å²) < 4.78 is 1.57. The van der Waals surface area contributed by atoms with Crippen molar-refractivity contribution >= 4 is 29.1 Å². The van der Waals surface area contributed by atoms with E-state index < -0.39 is 0 Å². The average Bonchev–Trinajstić information content (AvgIpc) is 3.20. The predicted molar refractivity (Wildman–Crippen MR) is 93.9 cm³/mol. The van der Waals surface area contributed by atoms with Gasteiger partial charge >= 0.3 is 0 Å². The minimum Gasteiger partial charge on any atom is -0.352 e. The molecule has 3 N–H and O–H groups in total. The molecule has 0 unspecified atom stereocenters. The van der Waals surface area contributed by atoms with E-state index in [9.17, 15) is 14.4 Å². The first-order valence-corrected chi connectivity index (χ1v) is 8.79. The van der Waals surface area contributed by atoms with E-state index in [4.69, 9.17) is 0 Å². The number of hydrogen-bond donors (Lipinski definition) is 3. The zero-order valence-corrected chi connectivity index (χ0v) is 15.0. The number of hydrogen-bond acceptors (Lipinski definition) is 5. The van der Waals surface area contributed by atoms with Crippen molar-refractivity contribution in [1.82, 2.24) is 25.9 Å². The Balaban J connectivity index is 1.59. The van der Waals surface area contributed by atoms with Crippen LogP contribution < -0.4 is 16.2 Å². The van der Waals surface area contributed by atoms with Crippen LogP contribution in [0.25, 0.3) is 0 Å². The summed E-state index contributed by atoms with van der Waals surface area (Å²) in [5.41, 5.74) is 7.03. The van der Waals surface area contributed by atoms with Gasteiger partial charge < -0.3 is 5.32 Å². The maximum absolute atomic E-state index is 11.8. The van der Waals surface area contributed by atoms with Crippen LogP contribution in [0.2, 0.25) is 0 Å². The molecule has 3 amide bonds. The molecule has 134 valence electrons. The van der Waals surface area contributed by atoms with Crippen molar-refractivity contribution in [3.63, 3.8) is 0 Å². The van der Waals surface area contributed by atoms with Gasteiger partial charge in [-0.3, -0.25) is 29.9 Å². The Morgan fingerprint density at radius 2 is 1.96 bits per heavy atom. The molecule has 2 aromatic rings. The van der Waals surface area contributed by atoms with E-state index in [0.29, 0.717) is 18.5 Å². The first-order valence-electron chi connectivity index (χ1n) is 7.85. The van der Waals surface area contributed by atoms with E-state index >= 15 is 0 Å². The van der Waals surface area contributed by atoms with Crippen LogP contribution in [0.15, 0.2) is 22.9 Å². The van der Waals surface area contributed by atoms with E-state index in [-0.39, 0.29) is 30.7 Å². The van der Waals surface area contributed by atoms with Crippen molar-refractivity contribution in [2.45, 2.75) is 33.2 Å². The summed E-state index contributed by atoms with van der Waals surface area (Å²) in [6, 6.07) is 3.61. The topological polar surface area (TPSA) is 105 Å². The summed E-state index contributed by atoms with van der Waals surface area (Å²) in [6.45, 7) is 4.13. The van der Waals surface area contributed by atoms with Gasteiger partial charge in [0.1, 0.15) is 6.54 Å². The van der Waals surface area contributed by atoms with Gasteiger partial charge in [0.15, 0.2) is 0 Å².